The Kier molecular flexibility index (Phi) is 6.71. The number of rotatable bonds is 2. The van der Waals surface area contributed by atoms with Crippen LogP contribution < -0.4 is 10.6 Å². The summed E-state index contributed by atoms with van der Waals surface area (Å²) in [7, 11) is 0. The zero-order valence-electron chi connectivity index (χ0n) is 17.4. The Morgan fingerprint density at radius 2 is 1.97 bits per heavy atom. The number of aliphatic hydroxyl groups excluding tert-OH is 1. The largest absolute Gasteiger partial charge is 0.416 e. The molecule has 3 N–H and O–H groups in total. The Bertz CT molecular complexity index is 1250. The molecule has 2 aromatic heterocycles. The number of hydrogen-bond donors (Lipinski definition) is 2. The van der Waals surface area contributed by atoms with Crippen molar-refractivity contribution in [1.29, 1.82) is 0 Å². The van der Waals surface area contributed by atoms with Crippen molar-refractivity contribution in [3.8, 4) is 11.8 Å². The molecule has 0 aliphatic carbocycles. The molecule has 3 heterocycles. The molecule has 1 atom stereocenters. The first-order chi connectivity index (χ1) is 15.2. The summed E-state index contributed by atoms with van der Waals surface area (Å²) in [6.45, 7) is 1.25. The van der Waals surface area contributed by atoms with E-state index in [0.717, 1.165) is 6.07 Å². The number of nitrogens with zero attached hydrogens (tertiary/aromatic N) is 4. The number of anilines is 2. The number of aromatic nitrogens is 3. The number of aliphatic hydroxyl groups is 1. The van der Waals surface area contributed by atoms with Crippen LogP contribution in [-0.2, 0) is 12.8 Å². The number of nitrogens with two attached hydrogens (primary N) is 1. The minimum atomic E-state index is -4.60. The van der Waals surface area contributed by atoms with Gasteiger partial charge in [0.05, 0.1) is 30.0 Å². The van der Waals surface area contributed by atoms with Crippen molar-refractivity contribution in [3.63, 3.8) is 0 Å². The van der Waals surface area contributed by atoms with Gasteiger partial charge < -0.3 is 15.7 Å². The molecule has 0 radical (unpaired) electrons. The molecule has 0 spiro atoms. The summed E-state index contributed by atoms with van der Waals surface area (Å²) >= 11 is 0. The fourth-order valence-electron chi connectivity index (χ4n) is 3.55. The Morgan fingerprint density at radius 3 is 2.61 bits per heavy atom. The molecule has 172 valence electrons. The number of alkyl halides is 3. The van der Waals surface area contributed by atoms with Crippen molar-refractivity contribution in [2.24, 2.45) is 0 Å². The topological polar surface area (TPSA) is 97.3 Å². The zero-order chi connectivity index (χ0) is 23.0. The predicted octanol–water partition coefficient (Wildman–Crippen LogP) is 3.11. The second-order valence-electron chi connectivity index (χ2n) is 7.34. The lowest BCUT2D eigenvalue weighted by molar-refractivity contribution is -0.138. The molecule has 1 aromatic carbocycles. The molecule has 1 aliphatic rings. The van der Waals surface area contributed by atoms with E-state index in [0.29, 0.717) is 16.9 Å². The minimum absolute atomic E-state index is 0. The Balaban J connectivity index is 0.00000306. The number of carbonyl (C=O) groups excluding carboxylic acids is 1. The summed E-state index contributed by atoms with van der Waals surface area (Å²) in [5.41, 5.74) is 5.81. The second-order valence-corrected chi connectivity index (χ2v) is 7.34. The smallest absolute Gasteiger partial charge is 0.392 e. The van der Waals surface area contributed by atoms with Crippen LogP contribution in [0.5, 0.6) is 0 Å². The molecular formula is C22H20F3N5O2S. The van der Waals surface area contributed by atoms with Gasteiger partial charge in [0, 0.05) is 24.0 Å². The number of hydrogen-bond acceptors (Lipinski definition) is 5. The van der Waals surface area contributed by atoms with Gasteiger partial charge in [-0.25, -0.2) is 4.98 Å². The van der Waals surface area contributed by atoms with Gasteiger partial charge in [-0.1, -0.05) is 11.8 Å². The van der Waals surface area contributed by atoms with Crippen LogP contribution in [0.3, 0.4) is 0 Å². The molecule has 11 heteroatoms. The predicted molar refractivity (Wildman–Crippen MR) is 121 cm³/mol. The van der Waals surface area contributed by atoms with Crippen molar-refractivity contribution >= 4 is 30.9 Å². The molecule has 1 amide bonds. The molecule has 4 rings (SSSR count). The van der Waals surface area contributed by atoms with Gasteiger partial charge in [-0.15, -0.1) is 0 Å². The molecule has 0 unspecified atom stereocenters. The highest BCUT2D eigenvalue weighted by molar-refractivity contribution is 7.59. The van der Waals surface area contributed by atoms with Crippen LogP contribution in [0.1, 0.15) is 45.7 Å². The highest BCUT2D eigenvalue weighted by Crippen LogP contribution is 2.35. The van der Waals surface area contributed by atoms with Crippen LogP contribution >= 0.6 is 13.5 Å². The number of carbonyl (C=O) groups is 1. The molecule has 3 aromatic rings. The third-order valence-electron chi connectivity index (χ3n) is 5.11. The molecule has 0 fully saturated rings. The first kappa shape index (κ1) is 24.2. The fourth-order valence-corrected chi connectivity index (χ4v) is 3.55. The number of fused-ring (bicyclic) bond motifs is 1. The van der Waals surface area contributed by atoms with Crippen molar-refractivity contribution in [2.45, 2.75) is 25.7 Å². The summed E-state index contributed by atoms with van der Waals surface area (Å²) in [6.07, 6.45) is -1.61. The maximum atomic E-state index is 13.3. The maximum absolute atomic E-state index is 13.3. The van der Waals surface area contributed by atoms with Crippen molar-refractivity contribution in [2.75, 3.05) is 17.2 Å². The summed E-state index contributed by atoms with van der Waals surface area (Å²) in [6, 6.07) is 6.35. The van der Waals surface area contributed by atoms with E-state index >= 15 is 0 Å². The lowest BCUT2D eigenvalue weighted by Gasteiger charge is -2.32. The Labute approximate surface area is 194 Å². The van der Waals surface area contributed by atoms with Gasteiger partial charge in [0.25, 0.3) is 5.91 Å². The number of pyridine rings is 1. The average Bonchev–Trinajstić information content (AvgIpc) is 3.20. The van der Waals surface area contributed by atoms with Crippen LogP contribution in [0.4, 0.5) is 24.7 Å². The van der Waals surface area contributed by atoms with E-state index in [-0.39, 0.29) is 43.0 Å². The Hall–Kier alpha value is -3.49. The van der Waals surface area contributed by atoms with Crippen LogP contribution in [0, 0.1) is 11.8 Å². The molecule has 7 nitrogen and oxygen atoms in total. The molecule has 0 saturated heterocycles. The monoisotopic (exact) mass is 475 g/mol. The summed E-state index contributed by atoms with van der Waals surface area (Å²) < 4.78 is 41.1. The van der Waals surface area contributed by atoms with Gasteiger partial charge in [0.2, 0.25) is 0 Å². The standard InChI is InChI=1S/C22H18F3N5O2.H2S/c1-13-11-29(17-5-6-18(22(23,24)25)16(8-17)12-31)21(32)20-15(10-28-30(13)20)4-2-14-3-7-19(26)27-9-14;/h3,5-10,13,31H,11-12H2,1H3,(H2,26,27);1H2/t13-;/m0./s1. The third-order valence-corrected chi connectivity index (χ3v) is 5.11. The van der Waals surface area contributed by atoms with Gasteiger partial charge in [-0.2, -0.15) is 31.8 Å². The van der Waals surface area contributed by atoms with Crippen LogP contribution in [-0.4, -0.2) is 32.3 Å². The van der Waals surface area contributed by atoms with E-state index in [2.05, 4.69) is 21.9 Å². The normalized spacial score (nSPS) is 15.4. The quantitative estimate of drug-likeness (QED) is 0.555. The number of amides is 1. The molecule has 0 saturated carbocycles. The van der Waals surface area contributed by atoms with Crippen molar-refractivity contribution in [3.05, 3.63) is 70.7 Å². The van der Waals surface area contributed by atoms with Gasteiger partial charge in [0.15, 0.2) is 0 Å². The molecule has 0 bridgehead atoms. The highest BCUT2D eigenvalue weighted by Gasteiger charge is 2.36. The average molecular weight is 475 g/mol. The second kappa shape index (κ2) is 9.17. The van der Waals surface area contributed by atoms with Gasteiger partial charge >= 0.3 is 6.18 Å². The molecular weight excluding hydrogens is 455 g/mol. The third kappa shape index (κ3) is 4.67. The first-order valence-corrected chi connectivity index (χ1v) is 9.63. The van der Waals surface area contributed by atoms with Gasteiger partial charge in [-0.05, 0) is 42.8 Å². The van der Waals surface area contributed by atoms with E-state index in [1.807, 2.05) is 6.92 Å². The van der Waals surface area contributed by atoms with E-state index in [4.69, 9.17) is 5.73 Å². The number of benzene rings is 1. The van der Waals surface area contributed by atoms with E-state index in [1.165, 1.54) is 29.4 Å². The number of halogens is 3. The van der Waals surface area contributed by atoms with E-state index in [9.17, 15) is 23.1 Å². The highest BCUT2D eigenvalue weighted by atomic mass is 32.1. The van der Waals surface area contributed by atoms with Crippen molar-refractivity contribution in [1.82, 2.24) is 14.8 Å². The number of nitrogen functional groups attached to an aromatic ring is 1. The molecule has 33 heavy (non-hydrogen) atoms. The lowest BCUT2D eigenvalue weighted by Crippen LogP contribution is -2.43. The van der Waals surface area contributed by atoms with Crippen LogP contribution in [0.2, 0.25) is 0 Å². The fraction of sp³-hybridized carbons (Fsp3) is 0.227. The summed E-state index contributed by atoms with van der Waals surface area (Å²) in [5.74, 6) is 5.74. The van der Waals surface area contributed by atoms with Gasteiger partial charge in [0.1, 0.15) is 11.5 Å². The van der Waals surface area contributed by atoms with Crippen LogP contribution in [0.25, 0.3) is 0 Å². The van der Waals surface area contributed by atoms with E-state index in [1.54, 1.807) is 16.8 Å². The molecule has 1 aliphatic heterocycles. The summed E-state index contributed by atoms with van der Waals surface area (Å²) in [5, 5.41) is 13.7. The van der Waals surface area contributed by atoms with Gasteiger partial charge in [-0.3, -0.25) is 9.48 Å². The minimum Gasteiger partial charge on any atom is -0.392 e. The van der Waals surface area contributed by atoms with Crippen LogP contribution in [0.15, 0.2) is 42.7 Å². The Morgan fingerprint density at radius 1 is 1.21 bits per heavy atom. The van der Waals surface area contributed by atoms with Crippen molar-refractivity contribution < 1.29 is 23.1 Å². The lowest BCUT2D eigenvalue weighted by atomic mass is 10.0. The summed E-state index contributed by atoms with van der Waals surface area (Å²) in [4.78, 5) is 18.6. The maximum Gasteiger partial charge on any atom is 0.416 e. The van der Waals surface area contributed by atoms with E-state index < -0.39 is 24.3 Å². The SMILES string of the molecule is C[C@H]1CN(c2ccc(C(F)(F)F)c(CO)c2)C(=O)c2c(C#Cc3ccc(N)nc3)cnn21.S. The zero-order valence-corrected chi connectivity index (χ0v) is 18.4. The first-order valence-electron chi connectivity index (χ1n) is 9.63.